The molecule has 2 N–H and O–H groups in total. The van der Waals surface area contributed by atoms with Crippen LogP contribution >= 0.6 is 0 Å². The fraction of sp³-hybridized carbons (Fsp3) is 0.533. The molecule has 0 fully saturated rings. The second kappa shape index (κ2) is 6.50. The lowest BCUT2D eigenvalue weighted by molar-refractivity contribution is -0.149. The summed E-state index contributed by atoms with van der Waals surface area (Å²) in [5.74, 6) is -1.03. The molecule has 0 bridgehead atoms. The molecule has 20 heavy (non-hydrogen) atoms. The number of carbonyl (C=O) groups is 2. The highest BCUT2D eigenvalue weighted by molar-refractivity contribution is 5.84. The normalized spacial score (nSPS) is 13.1. The summed E-state index contributed by atoms with van der Waals surface area (Å²) < 4.78 is 0. The average Bonchev–Trinajstić information content (AvgIpc) is 2.36. The van der Waals surface area contributed by atoms with Crippen molar-refractivity contribution in [2.24, 2.45) is 11.3 Å². The molecule has 110 valence electrons. The van der Waals surface area contributed by atoms with Crippen LogP contribution in [0.5, 0.6) is 0 Å². The number of amides is 1. The number of pyridine rings is 1. The smallest absolute Gasteiger partial charge is 0.309 e. The predicted molar refractivity (Wildman–Crippen MR) is 76.0 cm³/mol. The third-order valence-electron chi connectivity index (χ3n) is 3.23. The van der Waals surface area contributed by atoms with Crippen molar-refractivity contribution in [2.45, 2.75) is 40.2 Å². The van der Waals surface area contributed by atoms with Gasteiger partial charge in [0.2, 0.25) is 5.91 Å². The zero-order chi connectivity index (χ0) is 15.3. The van der Waals surface area contributed by atoms with Crippen LogP contribution in [0.2, 0.25) is 0 Å². The lowest BCUT2D eigenvalue weighted by Crippen LogP contribution is -2.37. The summed E-state index contributed by atoms with van der Waals surface area (Å²) in [6, 6.07) is 3.57. The molecule has 0 aliphatic rings. The van der Waals surface area contributed by atoms with Crippen LogP contribution in [0.15, 0.2) is 24.5 Å². The van der Waals surface area contributed by atoms with Crippen LogP contribution in [-0.4, -0.2) is 22.0 Å². The quantitative estimate of drug-likeness (QED) is 0.837. The molecule has 1 rings (SSSR count). The second-order valence-electron chi connectivity index (χ2n) is 5.94. The Morgan fingerprint density at radius 3 is 2.30 bits per heavy atom. The standard InChI is InChI=1S/C15H22N2O3/c1-10(2)13(11-5-7-16-8-6-11)17-12(18)9-15(3,4)14(19)20/h5-8,10,13H,9H2,1-4H3,(H,17,18)(H,19,20). The summed E-state index contributed by atoms with van der Waals surface area (Å²) >= 11 is 0. The van der Waals surface area contributed by atoms with Crippen LogP contribution in [-0.2, 0) is 9.59 Å². The second-order valence-corrected chi connectivity index (χ2v) is 5.94. The molecule has 1 atom stereocenters. The minimum absolute atomic E-state index is 0.0450. The van der Waals surface area contributed by atoms with Gasteiger partial charge in [-0.05, 0) is 37.5 Å². The van der Waals surface area contributed by atoms with Gasteiger partial charge in [-0.15, -0.1) is 0 Å². The number of hydrogen-bond acceptors (Lipinski definition) is 3. The van der Waals surface area contributed by atoms with Crippen LogP contribution in [0.4, 0.5) is 0 Å². The topological polar surface area (TPSA) is 79.3 Å². The number of carboxylic acids is 1. The average molecular weight is 278 g/mol. The van der Waals surface area contributed by atoms with Gasteiger partial charge >= 0.3 is 5.97 Å². The summed E-state index contributed by atoms with van der Waals surface area (Å²) in [5, 5.41) is 12.0. The number of rotatable bonds is 6. The first-order valence-corrected chi connectivity index (χ1v) is 6.66. The molecule has 1 heterocycles. The first-order valence-electron chi connectivity index (χ1n) is 6.66. The maximum atomic E-state index is 12.1. The maximum absolute atomic E-state index is 12.1. The van der Waals surface area contributed by atoms with Gasteiger partial charge < -0.3 is 10.4 Å². The van der Waals surface area contributed by atoms with Gasteiger partial charge in [-0.2, -0.15) is 0 Å². The lowest BCUT2D eigenvalue weighted by Gasteiger charge is -2.25. The fourth-order valence-electron chi connectivity index (χ4n) is 1.91. The number of nitrogens with zero attached hydrogens (tertiary/aromatic N) is 1. The Hall–Kier alpha value is -1.91. The molecule has 1 amide bonds. The molecular weight excluding hydrogens is 256 g/mol. The van der Waals surface area contributed by atoms with Gasteiger partial charge in [-0.25, -0.2) is 0 Å². The zero-order valence-corrected chi connectivity index (χ0v) is 12.4. The molecule has 0 saturated carbocycles. The van der Waals surface area contributed by atoms with Gasteiger partial charge in [0, 0.05) is 18.8 Å². The largest absolute Gasteiger partial charge is 0.481 e. The SMILES string of the molecule is CC(C)C(NC(=O)CC(C)(C)C(=O)O)c1ccncc1. The van der Waals surface area contributed by atoms with Crippen molar-refractivity contribution in [1.29, 1.82) is 0 Å². The fourth-order valence-corrected chi connectivity index (χ4v) is 1.91. The molecule has 5 nitrogen and oxygen atoms in total. The molecule has 1 unspecified atom stereocenters. The van der Waals surface area contributed by atoms with E-state index >= 15 is 0 Å². The summed E-state index contributed by atoms with van der Waals surface area (Å²) in [6.45, 7) is 7.11. The highest BCUT2D eigenvalue weighted by atomic mass is 16.4. The Morgan fingerprint density at radius 2 is 1.85 bits per heavy atom. The van der Waals surface area contributed by atoms with E-state index in [9.17, 15) is 9.59 Å². The molecule has 0 saturated heterocycles. The number of nitrogens with one attached hydrogen (secondary N) is 1. The molecule has 0 spiro atoms. The molecular formula is C15H22N2O3. The van der Waals surface area contributed by atoms with Crippen LogP contribution in [0.3, 0.4) is 0 Å². The molecule has 0 radical (unpaired) electrons. The number of carbonyl (C=O) groups excluding carboxylic acids is 1. The van der Waals surface area contributed by atoms with Crippen molar-refractivity contribution in [3.05, 3.63) is 30.1 Å². The van der Waals surface area contributed by atoms with Crippen LogP contribution < -0.4 is 5.32 Å². The number of aliphatic carboxylic acids is 1. The summed E-state index contributed by atoms with van der Waals surface area (Å²) in [5.41, 5.74) is -0.0967. The van der Waals surface area contributed by atoms with Crippen molar-refractivity contribution < 1.29 is 14.7 Å². The maximum Gasteiger partial charge on any atom is 0.309 e. The van der Waals surface area contributed by atoms with E-state index in [-0.39, 0.29) is 24.3 Å². The van der Waals surface area contributed by atoms with Gasteiger partial charge in [-0.3, -0.25) is 14.6 Å². The molecule has 0 aliphatic heterocycles. The summed E-state index contributed by atoms with van der Waals surface area (Å²) in [6.07, 6.45) is 3.31. The van der Waals surface area contributed by atoms with Crippen molar-refractivity contribution in [1.82, 2.24) is 10.3 Å². The van der Waals surface area contributed by atoms with Gasteiger partial charge in [0.15, 0.2) is 0 Å². The van der Waals surface area contributed by atoms with E-state index in [4.69, 9.17) is 5.11 Å². The van der Waals surface area contributed by atoms with E-state index in [1.165, 1.54) is 0 Å². The minimum Gasteiger partial charge on any atom is -0.481 e. The van der Waals surface area contributed by atoms with Crippen LogP contribution in [0.1, 0.15) is 45.7 Å². The third-order valence-corrected chi connectivity index (χ3v) is 3.23. The molecule has 0 aliphatic carbocycles. The predicted octanol–water partition coefficient (Wildman–Crippen LogP) is 2.40. The van der Waals surface area contributed by atoms with Gasteiger partial charge in [0.1, 0.15) is 0 Å². The van der Waals surface area contributed by atoms with Gasteiger partial charge in [-0.1, -0.05) is 13.8 Å². The van der Waals surface area contributed by atoms with Crippen LogP contribution in [0, 0.1) is 11.3 Å². The molecule has 0 aromatic carbocycles. The molecule has 1 aromatic heterocycles. The van der Waals surface area contributed by atoms with Crippen molar-refractivity contribution >= 4 is 11.9 Å². The third kappa shape index (κ3) is 4.33. The van der Waals surface area contributed by atoms with E-state index in [2.05, 4.69) is 10.3 Å². The van der Waals surface area contributed by atoms with Gasteiger partial charge in [0.25, 0.3) is 0 Å². The minimum atomic E-state index is -1.07. The molecule has 5 heteroatoms. The number of aromatic nitrogens is 1. The Bertz CT molecular complexity index is 469. The van der Waals surface area contributed by atoms with Crippen molar-refractivity contribution in [3.63, 3.8) is 0 Å². The van der Waals surface area contributed by atoms with E-state index in [0.717, 1.165) is 5.56 Å². The summed E-state index contributed by atoms with van der Waals surface area (Å²) in [7, 11) is 0. The van der Waals surface area contributed by atoms with Crippen LogP contribution in [0.25, 0.3) is 0 Å². The highest BCUT2D eigenvalue weighted by Gasteiger charge is 2.31. The number of hydrogen-bond donors (Lipinski definition) is 2. The van der Waals surface area contributed by atoms with E-state index in [0.29, 0.717) is 0 Å². The molecule has 1 aromatic rings. The van der Waals surface area contributed by atoms with Gasteiger partial charge in [0.05, 0.1) is 11.5 Å². The Morgan fingerprint density at radius 1 is 1.30 bits per heavy atom. The van der Waals surface area contributed by atoms with E-state index < -0.39 is 11.4 Å². The van der Waals surface area contributed by atoms with E-state index in [1.807, 2.05) is 26.0 Å². The first kappa shape index (κ1) is 16.1. The Kier molecular flexibility index (Phi) is 5.25. The Balaban J connectivity index is 2.78. The van der Waals surface area contributed by atoms with E-state index in [1.54, 1.807) is 26.2 Å². The summed E-state index contributed by atoms with van der Waals surface area (Å²) in [4.78, 5) is 27.1. The van der Waals surface area contributed by atoms with Crippen molar-refractivity contribution in [2.75, 3.05) is 0 Å². The highest BCUT2D eigenvalue weighted by Crippen LogP contribution is 2.24. The first-order chi connectivity index (χ1) is 9.24. The monoisotopic (exact) mass is 278 g/mol. The lowest BCUT2D eigenvalue weighted by atomic mass is 9.88. The van der Waals surface area contributed by atoms with Crippen molar-refractivity contribution in [3.8, 4) is 0 Å². The number of carboxylic acid groups (broad SMARTS) is 1. The Labute approximate surface area is 119 Å². The zero-order valence-electron chi connectivity index (χ0n) is 12.4.